The Morgan fingerprint density at radius 3 is 3.00 bits per heavy atom. The van der Waals surface area contributed by atoms with Crippen LogP contribution in [0.1, 0.15) is 0 Å². The second-order valence-corrected chi connectivity index (χ2v) is 3.93. The number of nitrogens with zero attached hydrogens (tertiary/aromatic N) is 3. The molecule has 0 radical (unpaired) electrons. The van der Waals surface area contributed by atoms with Gasteiger partial charge in [-0.2, -0.15) is 0 Å². The number of rotatable bonds is 2. The van der Waals surface area contributed by atoms with Gasteiger partial charge in [0.1, 0.15) is 4.47 Å². The fraction of sp³-hybridized carbons (Fsp3) is 0.100. The molecule has 0 saturated heterocycles. The SMILES string of the molecule is CN(c1cccnc1)c1nc[nH]c(=O)c1Br. The van der Waals surface area contributed by atoms with Crippen molar-refractivity contribution in [3.63, 3.8) is 0 Å². The normalized spacial score (nSPS) is 10.1. The number of hydrogen-bond acceptors (Lipinski definition) is 4. The second-order valence-electron chi connectivity index (χ2n) is 3.14. The van der Waals surface area contributed by atoms with Gasteiger partial charge in [-0.25, -0.2) is 4.98 Å². The summed E-state index contributed by atoms with van der Waals surface area (Å²) in [6.07, 6.45) is 4.77. The molecular formula is C10H9BrN4O. The van der Waals surface area contributed by atoms with Crippen molar-refractivity contribution in [2.24, 2.45) is 0 Å². The molecular weight excluding hydrogens is 272 g/mol. The van der Waals surface area contributed by atoms with Crippen molar-refractivity contribution in [3.8, 4) is 0 Å². The molecule has 0 unspecified atom stereocenters. The minimum atomic E-state index is -0.208. The van der Waals surface area contributed by atoms with Crippen LogP contribution >= 0.6 is 15.9 Å². The van der Waals surface area contributed by atoms with Crippen molar-refractivity contribution in [2.75, 3.05) is 11.9 Å². The van der Waals surface area contributed by atoms with E-state index in [1.165, 1.54) is 6.33 Å². The summed E-state index contributed by atoms with van der Waals surface area (Å²) in [6, 6.07) is 3.72. The molecule has 82 valence electrons. The van der Waals surface area contributed by atoms with Crippen molar-refractivity contribution in [2.45, 2.75) is 0 Å². The summed E-state index contributed by atoms with van der Waals surface area (Å²) in [5, 5.41) is 0. The van der Waals surface area contributed by atoms with Crippen molar-refractivity contribution in [3.05, 3.63) is 45.7 Å². The van der Waals surface area contributed by atoms with Gasteiger partial charge < -0.3 is 9.88 Å². The summed E-state index contributed by atoms with van der Waals surface area (Å²) in [5.41, 5.74) is 0.655. The van der Waals surface area contributed by atoms with Gasteiger partial charge in [0.15, 0.2) is 5.82 Å². The van der Waals surface area contributed by atoms with Crippen LogP contribution in [0.15, 0.2) is 40.1 Å². The summed E-state index contributed by atoms with van der Waals surface area (Å²) < 4.78 is 0.404. The Labute approximate surface area is 100 Å². The molecule has 0 aliphatic heterocycles. The Morgan fingerprint density at radius 2 is 2.31 bits per heavy atom. The zero-order chi connectivity index (χ0) is 11.5. The van der Waals surface area contributed by atoms with E-state index < -0.39 is 0 Å². The molecule has 2 aromatic heterocycles. The van der Waals surface area contributed by atoms with Crippen LogP contribution in [-0.2, 0) is 0 Å². The standard InChI is InChI=1S/C10H9BrN4O/c1-15(7-3-2-4-12-5-7)9-8(11)10(16)14-6-13-9/h2-6H,1H3,(H,13,14,16). The molecule has 2 heterocycles. The van der Waals surface area contributed by atoms with Gasteiger partial charge in [-0.05, 0) is 28.1 Å². The van der Waals surface area contributed by atoms with Crippen LogP contribution in [0.5, 0.6) is 0 Å². The molecule has 0 fully saturated rings. The maximum atomic E-state index is 11.4. The Bertz CT molecular complexity index is 540. The summed E-state index contributed by atoms with van der Waals surface area (Å²) in [7, 11) is 1.82. The third-order valence-corrected chi connectivity index (χ3v) is 2.84. The van der Waals surface area contributed by atoms with E-state index in [-0.39, 0.29) is 5.56 Å². The highest BCUT2D eigenvalue weighted by atomic mass is 79.9. The molecule has 0 bridgehead atoms. The molecule has 0 aliphatic rings. The maximum Gasteiger partial charge on any atom is 0.267 e. The predicted molar refractivity (Wildman–Crippen MR) is 64.9 cm³/mol. The monoisotopic (exact) mass is 280 g/mol. The third-order valence-electron chi connectivity index (χ3n) is 2.13. The lowest BCUT2D eigenvalue weighted by molar-refractivity contribution is 1.03. The van der Waals surface area contributed by atoms with E-state index in [4.69, 9.17) is 0 Å². The van der Waals surface area contributed by atoms with Crippen molar-refractivity contribution in [1.82, 2.24) is 15.0 Å². The van der Waals surface area contributed by atoms with Gasteiger partial charge in [-0.1, -0.05) is 0 Å². The third kappa shape index (κ3) is 1.96. The number of anilines is 2. The number of halogens is 1. The molecule has 2 aromatic rings. The number of aromatic nitrogens is 3. The average Bonchev–Trinajstić information content (AvgIpc) is 2.33. The first-order valence-electron chi connectivity index (χ1n) is 4.57. The molecule has 0 aromatic carbocycles. The number of aromatic amines is 1. The van der Waals surface area contributed by atoms with E-state index in [0.29, 0.717) is 10.3 Å². The van der Waals surface area contributed by atoms with E-state index in [1.807, 2.05) is 19.2 Å². The zero-order valence-corrected chi connectivity index (χ0v) is 10.1. The number of hydrogen-bond donors (Lipinski definition) is 1. The van der Waals surface area contributed by atoms with Gasteiger partial charge in [0.2, 0.25) is 0 Å². The molecule has 5 nitrogen and oxygen atoms in total. The Hall–Kier alpha value is -1.69. The Morgan fingerprint density at radius 1 is 1.50 bits per heavy atom. The number of pyridine rings is 1. The van der Waals surface area contributed by atoms with Gasteiger partial charge in [-0.3, -0.25) is 9.78 Å². The molecule has 0 spiro atoms. The number of H-pyrrole nitrogens is 1. The highest BCUT2D eigenvalue weighted by molar-refractivity contribution is 9.10. The predicted octanol–water partition coefficient (Wildman–Crippen LogP) is 1.70. The Kier molecular flexibility index (Phi) is 3.00. The van der Waals surface area contributed by atoms with Crippen molar-refractivity contribution in [1.29, 1.82) is 0 Å². The maximum absolute atomic E-state index is 11.4. The van der Waals surface area contributed by atoms with E-state index in [9.17, 15) is 4.79 Å². The molecule has 6 heteroatoms. The minimum absolute atomic E-state index is 0.208. The van der Waals surface area contributed by atoms with Crippen molar-refractivity contribution < 1.29 is 0 Å². The number of nitrogens with one attached hydrogen (secondary N) is 1. The summed E-state index contributed by atoms with van der Waals surface area (Å²) in [6.45, 7) is 0. The highest BCUT2D eigenvalue weighted by Gasteiger charge is 2.11. The summed E-state index contributed by atoms with van der Waals surface area (Å²) in [5.74, 6) is 0.553. The van der Waals surface area contributed by atoms with E-state index in [0.717, 1.165) is 5.69 Å². The summed E-state index contributed by atoms with van der Waals surface area (Å²) >= 11 is 3.21. The van der Waals surface area contributed by atoms with E-state index in [1.54, 1.807) is 17.3 Å². The van der Waals surface area contributed by atoms with Crippen molar-refractivity contribution >= 4 is 27.4 Å². The second kappa shape index (κ2) is 4.44. The average molecular weight is 281 g/mol. The molecule has 16 heavy (non-hydrogen) atoms. The zero-order valence-electron chi connectivity index (χ0n) is 8.51. The molecule has 0 saturated carbocycles. The van der Waals surface area contributed by atoms with Crippen LogP contribution < -0.4 is 10.5 Å². The largest absolute Gasteiger partial charge is 0.327 e. The Balaban J connectivity index is 2.46. The molecule has 0 aliphatic carbocycles. The van der Waals surface area contributed by atoms with Gasteiger partial charge in [0.05, 0.1) is 18.2 Å². The van der Waals surface area contributed by atoms with Gasteiger partial charge in [0, 0.05) is 13.2 Å². The van der Waals surface area contributed by atoms with Crippen LogP contribution in [0.4, 0.5) is 11.5 Å². The van der Waals surface area contributed by atoms with E-state index in [2.05, 4.69) is 30.9 Å². The first-order valence-corrected chi connectivity index (χ1v) is 5.36. The lowest BCUT2D eigenvalue weighted by Crippen LogP contribution is -2.17. The fourth-order valence-electron chi connectivity index (χ4n) is 1.28. The highest BCUT2D eigenvalue weighted by Crippen LogP contribution is 2.24. The van der Waals surface area contributed by atoms with Crippen LogP contribution in [0, 0.1) is 0 Å². The fourth-order valence-corrected chi connectivity index (χ4v) is 1.76. The molecule has 0 atom stereocenters. The lowest BCUT2D eigenvalue weighted by atomic mass is 10.4. The minimum Gasteiger partial charge on any atom is -0.327 e. The van der Waals surface area contributed by atoms with Gasteiger partial charge in [-0.15, -0.1) is 0 Å². The van der Waals surface area contributed by atoms with Crippen LogP contribution in [0.2, 0.25) is 0 Å². The van der Waals surface area contributed by atoms with Gasteiger partial charge in [0.25, 0.3) is 5.56 Å². The molecule has 0 amide bonds. The lowest BCUT2D eigenvalue weighted by Gasteiger charge is -2.18. The molecule has 2 rings (SSSR count). The quantitative estimate of drug-likeness (QED) is 0.910. The van der Waals surface area contributed by atoms with E-state index >= 15 is 0 Å². The first-order chi connectivity index (χ1) is 7.70. The summed E-state index contributed by atoms with van der Waals surface area (Å²) in [4.78, 5) is 23.8. The van der Waals surface area contributed by atoms with Gasteiger partial charge >= 0.3 is 0 Å². The van der Waals surface area contributed by atoms with Crippen LogP contribution in [-0.4, -0.2) is 22.0 Å². The topological polar surface area (TPSA) is 61.9 Å². The molecule has 1 N–H and O–H groups in total. The smallest absolute Gasteiger partial charge is 0.267 e. The van der Waals surface area contributed by atoms with Crippen LogP contribution in [0.25, 0.3) is 0 Å². The first kappa shape index (κ1) is 10.8. The van der Waals surface area contributed by atoms with Crippen LogP contribution in [0.3, 0.4) is 0 Å².